The molecule has 0 aromatic heterocycles. The molecule has 2 aromatic carbocycles. The average Bonchev–Trinajstić information content (AvgIpc) is 3.06. The molecule has 0 radical (unpaired) electrons. The molecule has 2 aromatic rings. The van der Waals surface area contributed by atoms with Crippen LogP contribution in [0.4, 0.5) is 4.39 Å². The van der Waals surface area contributed by atoms with Gasteiger partial charge in [0.1, 0.15) is 30.5 Å². The summed E-state index contributed by atoms with van der Waals surface area (Å²) >= 11 is 0. The van der Waals surface area contributed by atoms with Gasteiger partial charge < -0.3 is 14.2 Å². The van der Waals surface area contributed by atoms with Crippen molar-refractivity contribution in [3.63, 3.8) is 0 Å². The highest BCUT2D eigenvalue weighted by Crippen LogP contribution is 2.29. The van der Waals surface area contributed by atoms with Gasteiger partial charge in [-0.05, 0) is 30.3 Å². The molecule has 6 heteroatoms. The first-order chi connectivity index (χ1) is 13.6. The molecule has 1 aliphatic rings. The Labute approximate surface area is 162 Å². The van der Waals surface area contributed by atoms with Gasteiger partial charge in [0.05, 0.1) is 5.56 Å². The number of nitrogens with zero attached hydrogens (tertiary/aromatic N) is 1. The number of cyclic esters (lactones) is 1. The van der Waals surface area contributed by atoms with Crippen LogP contribution < -0.4 is 9.47 Å². The van der Waals surface area contributed by atoms with Crippen LogP contribution in [0.5, 0.6) is 11.5 Å². The fraction of sp³-hybridized carbons (Fsp3) is 0.0909. The molecular formula is C22H18FNO4. The molecular weight excluding hydrogens is 361 g/mol. The fourth-order valence-corrected chi connectivity index (χ4v) is 2.46. The van der Waals surface area contributed by atoms with Gasteiger partial charge in [-0.2, -0.15) is 0 Å². The highest BCUT2D eigenvalue weighted by molar-refractivity contribution is 6.13. The van der Waals surface area contributed by atoms with E-state index in [4.69, 9.17) is 14.2 Å². The average molecular weight is 379 g/mol. The first kappa shape index (κ1) is 19.1. The number of hydrogen-bond donors (Lipinski definition) is 0. The summed E-state index contributed by atoms with van der Waals surface area (Å²) in [5.41, 5.74) is 0.760. The Morgan fingerprint density at radius 2 is 1.82 bits per heavy atom. The summed E-state index contributed by atoms with van der Waals surface area (Å²) in [4.78, 5) is 16.3. The van der Waals surface area contributed by atoms with Crippen LogP contribution in [0.15, 0.2) is 78.5 Å². The lowest BCUT2D eigenvalue weighted by Crippen LogP contribution is -2.07. The van der Waals surface area contributed by atoms with E-state index in [1.165, 1.54) is 18.2 Å². The van der Waals surface area contributed by atoms with Gasteiger partial charge in [0.2, 0.25) is 5.90 Å². The molecule has 142 valence electrons. The molecule has 0 unspecified atom stereocenters. The van der Waals surface area contributed by atoms with E-state index < -0.39 is 11.8 Å². The van der Waals surface area contributed by atoms with Crippen molar-refractivity contribution >= 4 is 17.9 Å². The van der Waals surface area contributed by atoms with Crippen molar-refractivity contribution in [2.24, 2.45) is 4.99 Å². The lowest BCUT2D eigenvalue weighted by Gasteiger charge is -2.10. The smallest absolute Gasteiger partial charge is 0.363 e. The summed E-state index contributed by atoms with van der Waals surface area (Å²) in [6.45, 7) is 7.86. The number of aliphatic imine (C=N–C) groups is 1. The Kier molecular flexibility index (Phi) is 6.01. The van der Waals surface area contributed by atoms with Gasteiger partial charge in [-0.25, -0.2) is 14.2 Å². The van der Waals surface area contributed by atoms with Crippen molar-refractivity contribution in [1.29, 1.82) is 0 Å². The van der Waals surface area contributed by atoms with Gasteiger partial charge in [0.25, 0.3) is 0 Å². The number of esters is 1. The molecule has 0 saturated carbocycles. The number of ether oxygens (including phenoxy) is 3. The first-order valence-corrected chi connectivity index (χ1v) is 8.51. The van der Waals surface area contributed by atoms with Crippen LogP contribution in [0.3, 0.4) is 0 Å². The minimum atomic E-state index is -0.667. The summed E-state index contributed by atoms with van der Waals surface area (Å²) in [5.74, 6) is -0.190. The van der Waals surface area contributed by atoms with Crippen LogP contribution in [0.1, 0.15) is 11.1 Å². The van der Waals surface area contributed by atoms with Crippen LogP contribution in [0.25, 0.3) is 6.08 Å². The highest BCUT2D eigenvalue weighted by Gasteiger charge is 2.26. The second kappa shape index (κ2) is 8.81. The summed E-state index contributed by atoms with van der Waals surface area (Å²) in [5, 5.41) is 0. The monoisotopic (exact) mass is 379 g/mol. The van der Waals surface area contributed by atoms with Crippen LogP contribution in [0.2, 0.25) is 0 Å². The van der Waals surface area contributed by atoms with Crippen molar-refractivity contribution < 1.29 is 23.4 Å². The van der Waals surface area contributed by atoms with E-state index in [0.717, 1.165) is 0 Å². The zero-order chi connectivity index (χ0) is 19.9. The van der Waals surface area contributed by atoms with Crippen LogP contribution in [0, 0.1) is 5.82 Å². The second-order valence-corrected chi connectivity index (χ2v) is 5.71. The molecule has 1 heterocycles. The second-order valence-electron chi connectivity index (χ2n) is 5.71. The fourth-order valence-electron chi connectivity index (χ4n) is 2.46. The van der Waals surface area contributed by atoms with E-state index in [9.17, 15) is 9.18 Å². The molecule has 0 spiro atoms. The zero-order valence-electron chi connectivity index (χ0n) is 15.1. The summed E-state index contributed by atoms with van der Waals surface area (Å²) in [6, 6.07) is 11.1. The molecule has 28 heavy (non-hydrogen) atoms. The van der Waals surface area contributed by atoms with E-state index >= 15 is 0 Å². The van der Waals surface area contributed by atoms with Crippen LogP contribution in [-0.2, 0) is 9.53 Å². The number of carbonyl (C=O) groups excluding carboxylic acids is 1. The van der Waals surface area contributed by atoms with E-state index in [1.54, 1.807) is 42.5 Å². The lowest BCUT2D eigenvalue weighted by atomic mass is 10.1. The highest BCUT2D eigenvalue weighted by atomic mass is 19.1. The van der Waals surface area contributed by atoms with Crippen LogP contribution in [-0.4, -0.2) is 25.1 Å². The molecule has 3 rings (SSSR count). The van der Waals surface area contributed by atoms with Gasteiger partial charge in [-0.1, -0.05) is 37.4 Å². The molecule has 0 bridgehead atoms. The third-order valence-electron chi connectivity index (χ3n) is 3.73. The molecule has 0 saturated heterocycles. The lowest BCUT2D eigenvalue weighted by molar-refractivity contribution is -0.129. The van der Waals surface area contributed by atoms with E-state index in [2.05, 4.69) is 18.2 Å². The van der Waals surface area contributed by atoms with E-state index in [-0.39, 0.29) is 23.8 Å². The zero-order valence-corrected chi connectivity index (χ0v) is 15.1. The van der Waals surface area contributed by atoms with E-state index in [0.29, 0.717) is 23.7 Å². The largest absolute Gasteiger partial charge is 0.489 e. The third-order valence-corrected chi connectivity index (χ3v) is 3.73. The van der Waals surface area contributed by atoms with Gasteiger partial charge in [-0.15, -0.1) is 0 Å². The number of carbonyl (C=O) groups is 1. The summed E-state index contributed by atoms with van der Waals surface area (Å²) in [7, 11) is 0. The Hall–Kier alpha value is -3.67. The number of rotatable bonds is 8. The first-order valence-electron chi connectivity index (χ1n) is 8.51. The molecule has 5 nitrogen and oxygen atoms in total. The van der Waals surface area contributed by atoms with Crippen molar-refractivity contribution in [3.8, 4) is 11.5 Å². The maximum Gasteiger partial charge on any atom is 0.363 e. The van der Waals surface area contributed by atoms with E-state index in [1.807, 2.05) is 0 Å². The van der Waals surface area contributed by atoms with Crippen molar-refractivity contribution in [2.75, 3.05) is 13.2 Å². The maximum atomic E-state index is 13.9. The topological polar surface area (TPSA) is 57.1 Å². The van der Waals surface area contributed by atoms with Crippen LogP contribution >= 0.6 is 0 Å². The quantitative estimate of drug-likeness (QED) is 0.390. The maximum absolute atomic E-state index is 13.9. The molecule has 0 atom stereocenters. The Morgan fingerprint density at radius 3 is 2.57 bits per heavy atom. The summed E-state index contributed by atoms with van der Waals surface area (Å²) < 4.78 is 30.2. The number of hydrogen-bond acceptors (Lipinski definition) is 5. The molecule has 0 N–H and O–H groups in total. The predicted molar refractivity (Wildman–Crippen MR) is 105 cm³/mol. The SMILES string of the molecule is C=CCOc1ccc(C=C2N=C(c3ccccc3F)OC2=O)c(OCC=C)c1. The van der Waals surface area contributed by atoms with Gasteiger partial charge >= 0.3 is 5.97 Å². The predicted octanol–water partition coefficient (Wildman–Crippen LogP) is 4.30. The normalized spacial score (nSPS) is 14.4. The van der Waals surface area contributed by atoms with Gasteiger partial charge in [0.15, 0.2) is 5.70 Å². The number of halogens is 1. The van der Waals surface area contributed by atoms with Crippen molar-refractivity contribution in [2.45, 2.75) is 0 Å². The Balaban J connectivity index is 1.94. The Bertz CT molecular complexity index is 978. The van der Waals surface area contributed by atoms with Crippen molar-refractivity contribution in [3.05, 3.63) is 90.4 Å². The Morgan fingerprint density at radius 1 is 1.07 bits per heavy atom. The molecule has 1 aliphatic heterocycles. The third kappa shape index (κ3) is 4.35. The van der Waals surface area contributed by atoms with Gasteiger partial charge in [0, 0.05) is 11.6 Å². The number of benzene rings is 2. The molecule has 0 aliphatic carbocycles. The van der Waals surface area contributed by atoms with Gasteiger partial charge in [-0.3, -0.25) is 0 Å². The van der Waals surface area contributed by atoms with Crippen molar-refractivity contribution in [1.82, 2.24) is 0 Å². The minimum Gasteiger partial charge on any atom is -0.489 e. The summed E-state index contributed by atoms with van der Waals surface area (Å²) in [6.07, 6.45) is 4.76. The molecule has 0 fully saturated rings. The minimum absolute atomic E-state index is 0.0430. The molecule has 0 amide bonds. The standard InChI is InChI=1S/C22H18FNO4/c1-3-11-26-16-10-9-15(20(14-16)27-12-4-2)13-19-22(25)28-21(24-19)17-7-5-6-8-18(17)23/h3-10,13-14H,1-2,11-12H2.